The van der Waals surface area contributed by atoms with Crippen LogP contribution in [0.3, 0.4) is 0 Å². The molecular weight excluding hydrogens is 351 g/mol. The number of nitrogens with two attached hydrogens (primary N) is 1. The van der Waals surface area contributed by atoms with E-state index in [2.05, 4.69) is 31.2 Å². The highest BCUT2D eigenvalue weighted by Crippen LogP contribution is 2.31. The molecule has 0 atom stereocenters. The SMILES string of the molecule is Cc1c(Br)cccc1Nc1cc(C(F)(F)F)nc(NN)n1. The lowest BCUT2D eigenvalue weighted by molar-refractivity contribution is -0.141. The summed E-state index contributed by atoms with van der Waals surface area (Å²) in [4.78, 5) is 7.14. The molecule has 9 heteroatoms. The fourth-order valence-corrected chi connectivity index (χ4v) is 1.97. The summed E-state index contributed by atoms with van der Waals surface area (Å²) in [6.45, 7) is 1.82. The van der Waals surface area contributed by atoms with E-state index < -0.39 is 11.9 Å². The highest BCUT2D eigenvalue weighted by molar-refractivity contribution is 9.10. The second-order valence-electron chi connectivity index (χ2n) is 4.14. The summed E-state index contributed by atoms with van der Waals surface area (Å²) >= 11 is 3.35. The van der Waals surface area contributed by atoms with Crippen molar-refractivity contribution < 1.29 is 13.2 Å². The van der Waals surface area contributed by atoms with Gasteiger partial charge in [0.1, 0.15) is 5.82 Å². The average molecular weight is 362 g/mol. The molecule has 1 aromatic heterocycles. The lowest BCUT2D eigenvalue weighted by Crippen LogP contribution is -2.16. The Kier molecular flexibility index (Phi) is 4.33. The van der Waals surface area contributed by atoms with Crippen LogP contribution in [0, 0.1) is 6.92 Å². The molecule has 5 nitrogen and oxygen atoms in total. The largest absolute Gasteiger partial charge is 0.433 e. The summed E-state index contributed by atoms with van der Waals surface area (Å²) < 4.78 is 39.1. The Morgan fingerprint density at radius 2 is 1.95 bits per heavy atom. The molecule has 0 radical (unpaired) electrons. The van der Waals surface area contributed by atoms with Gasteiger partial charge in [-0.2, -0.15) is 18.2 Å². The first-order chi connectivity index (χ1) is 9.81. The van der Waals surface area contributed by atoms with Gasteiger partial charge in [-0.3, -0.25) is 5.43 Å². The van der Waals surface area contributed by atoms with Gasteiger partial charge in [0.15, 0.2) is 5.69 Å². The molecule has 0 aliphatic carbocycles. The summed E-state index contributed by atoms with van der Waals surface area (Å²) in [6, 6.07) is 6.13. The number of nitrogens with one attached hydrogen (secondary N) is 2. The first kappa shape index (κ1) is 15.5. The first-order valence-electron chi connectivity index (χ1n) is 5.76. The van der Waals surface area contributed by atoms with Crippen LogP contribution in [0.5, 0.6) is 0 Å². The monoisotopic (exact) mass is 361 g/mol. The van der Waals surface area contributed by atoms with Gasteiger partial charge in [0.25, 0.3) is 0 Å². The molecule has 0 aliphatic heterocycles. The van der Waals surface area contributed by atoms with Crippen LogP contribution < -0.4 is 16.6 Å². The molecule has 0 spiro atoms. The molecule has 0 bridgehead atoms. The summed E-state index contributed by atoms with van der Waals surface area (Å²) in [5.41, 5.74) is 2.40. The molecule has 0 unspecified atom stereocenters. The molecule has 0 fully saturated rings. The summed E-state index contributed by atoms with van der Waals surface area (Å²) in [5.74, 6) is 4.77. The van der Waals surface area contributed by atoms with Crippen molar-refractivity contribution >= 4 is 33.4 Å². The molecule has 2 rings (SSSR count). The van der Waals surface area contributed by atoms with Crippen LogP contribution >= 0.6 is 15.9 Å². The van der Waals surface area contributed by atoms with Gasteiger partial charge in [-0.15, -0.1) is 0 Å². The van der Waals surface area contributed by atoms with Crippen LogP contribution in [0.25, 0.3) is 0 Å². The van der Waals surface area contributed by atoms with Crippen molar-refractivity contribution in [3.63, 3.8) is 0 Å². The molecule has 0 amide bonds. The molecule has 1 aromatic carbocycles. The standard InChI is InChI=1S/C12H11BrF3N5/c1-6-7(13)3-2-4-8(6)18-10-5-9(12(14,15)16)19-11(20-10)21-17/h2-5H,17H2,1H3,(H2,18,19,20,21). The topological polar surface area (TPSA) is 75.9 Å². The number of hydrogen-bond acceptors (Lipinski definition) is 5. The van der Waals surface area contributed by atoms with Crippen molar-refractivity contribution in [3.05, 3.63) is 40.0 Å². The van der Waals surface area contributed by atoms with Gasteiger partial charge in [-0.1, -0.05) is 22.0 Å². The van der Waals surface area contributed by atoms with E-state index in [1.807, 2.05) is 18.4 Å². The maximum absolute atomic E-state index is 12.8. The number of rotatable bonds is 3. The summed E-state index contributed by atoms with van der Waals surface area (Å²) in [6.07, 6.45) is -4.59. The van der Waals surface area contributed by atoms with E-state index in [1.165, 1.54) is 0 Å². The molecule has 4 N–H and O–H groups in total. The number of halogens is 4. The second kappa shape index (κ2) is 5.86. The maximum Gasteiger partial charge on any atom is 0.433 e. The van der Waals surface area contributed by atoms with E-state index in [0.29, 0.717) is 5.69 Å². The highest BCUT2D eigenvalue weighted by atomic mass is 79.9. The van der Waals surface area contributed by atoms with E-state index in [-0.39, 0.29) is 11.8 Å². The zero-order chi connectivity index (χ0) is 15.6. The van der Waals surface area contributed by atoms with Crippen LogP contribution in [-0.4, -0.2) is 9.97 Å². The lowest BCUT2D eigenvalue weighted by atomic mass is 10.2. The van der Waals surface area contributed by atoms with Gasteiger partial charge < -0.3 is 5.32 Å². The van der Waals surface area contributed by atoms with E-state index in [9.17, 15) is 13.2 Å². The molecule has 0 saturated heterocycles. The quantitative estimate of drug-likeness (QED) is 0.575. The van der Waals surface area contributed by atoms with Crippen molar-refractivity contribution in [2.24, 2.45) is 5.84 Å². The van der Waals surface area contributed by atoms with Crippen molar-refractivity contribution in [1.82, 2.24) is 9.97 Å². The van der Waals surface area contributed by atoms with Crippen molar-refractivity contribution in [2.45, 2.75) is 13.1 Å². The van der Waals surface area contributed by atoms with Crippen molar-refractivity contribution in [2.75, 3.05) is 10.7 Å². The van der Waals surface area contributed by atoms with Crippen molar-refractivity contribution in [1.29, 1.82) is 0 Å². The number of hydrogen-bond donors (Lipinski definition) is 3. The minimum atomic E-state index is -4.59. The summed E-state index contributed by atoms with van der Waals surface area (Å²) in [5, 5.41) is 2.82. The van der Waals surface area contributed by atoms with Gasteiger partial charge in [-0.05, 0) is 24.6 Å². The molecule has 112 valence electrons. The minimum Gasteiger partial charge on any atom is -0.340 e. The number of benzene rings is 1. The highest BCUT2D eigenvalue weighted by Gasteiger charge is 2.33. The van der Waals surface area contributed by atoms with Crippen LogP contribution in [0.1, 0.15) is 11.3 Å². The van der Waals surface area contributed by atoms with Gasteiger partial charge in [0, 0.05) is 16.2 Å². The number of alkyl halides is 3. The number of aromatic nitrogens is 2. The normalized spacial score (nSPS) is 11.3. The lowest BCUT2D eigenvalue weighted by Gasteiger charge is -2.13. The third kappa shape index (κ3) is 3.61. The number of nitrogen functional groups attached to an aromatic ring is 1. The molecule has 21 heavy (non-hydrogen) atoms. The average Bonchev–Trinajstić information content (AvgIpc) is 2.42. The summed E-state index contributed by atoms with van der Waals surface area (Å²) in [7, 11) is 0. The van der Waals surface area contributed by atoms with Crippen LogP contribution in [0.15, 0.2) is 28.7 Å². The predicted octanol–water partition coefficient (Wildman–Crippen LogP) is 3.60. The fraction of sp³-hybridized carbons (Fsp3) is 0.167. The Balaban J connectivity index is 2.42. The Labute approximate surface area is 126 Å². The Morgan fingerprint density at radius 1 is 1.24 bits per heavy atom. The molecule has 1 heterocycles. The fourth-order valence-electron chi connectivity index (χ4n) is 1.60. The van der Waals surface area contributed by atoms with Crippen LogP contribution in [-0.2, 0) is 6.18 Å². The third-order valence-electron chi connectivity index (χ3n) is 2.68. The number of nitrogens with zero attached hydrogens (tertiary/aromatic N) is 2. The van der Waals surface area contributed by atoms with E-state index >= 15 is 0 Å². The van der Waals surface area contributed by atoms with Crippen LogP contribution in [0.2, 0.25) is 0 Å². The van der Waals surface area contributed by atoms with E-state index in [1.54, 1.807) is 12.1 Å². The zero-order valence-corrected chi connectivity index (χ0v) is 12.4. The number of hydrazine groups is 1. The smallest absolute Gasteiger partial charge is 0.340 e. The van der Waals surface area contributed by atoms with Crippen molar-refractivity contribution in [3.8, 4) is 0 Å². The van der Waals surface area contributed by atoms with E-state index in [4.69, 9.17) is 5.84 Å². The molecule has 2 aromatic rings. The predicted molar refractivity (Wildman–Crippen MR) is 77.0 cm³/mol. The van der Waals surface area contributed by atoms with Gasteiger partial charge in [0.05, 0.1) is 0 Å². The molecular formula is C12H11BrF3N5. The Bertz CT molecular complexity index is 660. The van der Waals surface area contributed by atoms with Gasteiger partial charge in [0.2, 0.25) is 5.95 Å². The van der Waals surface area contributed by atoms with Gasteiger partial charge >= 0.3 is 6.18 Å². The minimum absolute atomic E-state index is 0.00789. The number of anilines is 3. The molecule has 0 aliphatic rings. The Morgan fingerprint density at radius 3 is 2.57 bits per heavy atom. The van der Waals surface area contributed by atoms with Gasteiger partial charge in [-0.25, -0.2) is 10.8 Å². The Hall–Kier alpha value is -1.87. The molecule has 0 saturated carbocycles. The first-order valence-corrected chi connectivity index (χ1v) is 6.55. The third-order valence-corrected chi connectivity index (χ3v) is 3.54. The van der Waals surface area contributed by atoms with Crippen LogP contribution in [0.4, 0.5) is 30.6 Å². The zero-order valence-electron chi connectivity index (χ0n) is 10.8. The maximum atomic E-state index is 12.8. The second-order valence-corrected chi connectivity index (χ2v) is 5.00. The van der Waals surface area contributed by atoms with E-state index in [0.717, 1.165) is 16.1 Å².